The van der Waals surface area contributed by atoms with Crippen LogP contribution in [0.25, 0.3) is 0 Å². The molecule has 0 unspecified atom stereocenters. The van der Waals surface area contributed by atoms with Crippen molar-refractivity contribution in [1.29, 1.82) is 10.5 Å². The fraction of sp³-hybridized carbons (Fsp3) is 0.0556. The number of hydrogen-bond donors (Lipinski definition) is 1. The van der Waals surface area contributed by atoms with Crippen LogP contribution >= 0.6 is 11.8 Å². The predicted molar refractivity (Wildman–Crippen MR) is 91.5 cm³/mol. The number of benzene rings is 2. The van der Waals surface area contributed by atoms with Gasteiger partial charge in [0.25, 0.3) is 0 Å². The van der Waals surface area contributed by atoms with Gasteiger partial charge in [-0.3, -0.25) is 4.79 Å². The van der Waals surface area contributed by atoms with E-state index in [0.717, 1.165) is 11.8 Å². The first-order valence-corrected chi connectivity index (χ1v) is 7.90. The second-order valence-corrected chi connectivity index (χ2v) is 5.63. The van der Waals surface area contributed by atoms with Gasteiger partial charge in [0.2, 0.25) is 0 Å². The molecule has 0 amide bonds. The highest BCUT2D eigenvalue weighted by molar-refractivity contribution is 8.03. The smallest absolute Gasteiger partial charge is 0.173 e. The third kappa shape index (κ3) is 4.70. The van der Waals surface area contributed by atoms with Crippen LogP contribution in [-0.4, -0.2) is 11.5 Å². The molecule has 2 rings (SSSR count). The van der Waals surface area contributed by atoms with Gasteiger partial charge in [0.15, 0.2) is 11.4 Å². The predicted octanol–water partition coefficient (Wildman–Crippen LogP) is 4.11. The monoisotopic (exact) mass is 337 g/mol. The summed E-state index contributed by atoms with van der Waals surface area (Å²) in [6.45, 7) is 0. The minimum absolute atomic E-state index is 0.0501. The minimum Gasteiger partial charge on any atom is -0.348 e. The molecule has 0 aromatic heterocycles. The quantitative estimate of drug-likeness (QED) is 0.634. The van der Waals surface area contributed by atoms with Crippen LogP contribution in [0.5, 0.6) is 0 Å². The molecule has 2 aromatic carbocycles. The topological polar surface area (TPSA) is 76.7 Å². The summed E-state index contributed by atoms with van der Waals surface area (Å²) >= 11 is 1.03. The number of rotatable bonds is 6. The van der Waals surface area contributed by atoms with Gasteiger partial charge in [0.1, 0.15) is 23.0 Å². The van der Waals surface area contributed by atoms with Crippen molar-refractivity contribution in [2.24, 2.45) is 0 Å². The number of Topliss-reactive ketones (excluding diaryl/α,β-unsaturated/α-hetero) is 1. The number of halogens is 1. The van der Waals surface area contributed by atoms with Crippen LogP contribution in [0.4, 0.5) is 10.1 Å². The number of ketones is 1. The maximum atomic E-state index is 13.3. The van der Waals surface area contributed by atoms with Gasteiger partial charge in [-0.15, -0.1) is 0 Å². The van der Waals surface area contributed by atoms with Crippen molar-refractivity contribution in [3.05, 3.63) is 76.6 Å². The van der Waals surface area contributed by atoms with Crippen LogP contribution < -0.4 is 5.32 Å². The van der Waals surface area contributed by atoms with Crippen LogP contribution in [0.3, 0.4) is 0 Å². The van der Waals surface area contributed by atoms with E-state index in [4.69, 9.17) is 10.5 Å². The van der Waals surface area contributed by atoms with Gasteiger partial charge in [0, 0.05) is 11.3 Å². The van der Waals surface area contributed by atoms with Gasteiger partial charge in [0.05, 0.1) is 5.75 Å². The molecule has 0 heterocycles. The average molecular weight is 337 g/mol. The zero-order valence-corrected chi connectivity index (χ0v) is 13.3. The van der Waals surface area contributed by atoms with Crippen LogP contribution in [0.15, 0.2) is 65.2 Å². The Hall–Kier alpha value is -3.09. The highest BCUT2D eigenvalue weighted by Crippen LogP contribution is 2.24. The fourth-order valence-electron chi connectivity index (χ4n) is 1.84. The Labute approximate surface area is 143 Å². The number of hydrogen-bond acceptors (Lipinski definition) is 5. The molecule has 0 bridgehead atoms. The number of allylic oxidation sites excluding steroid dienone is 1. The molecule has 0 aliphatic carbocycles. The van der Waals surface area contributed by atoms with Crippen LogP contribution in [0, 0.1) is 28.5 Å². The molecule has 0 saturated carbocycles. The van der Waals surface area contributed by atoms with E-state index in [1.807, 2.05) is 6.07 Å². The van der Waals surface area contributed by atoms with Gasteiger partial charge >= 0.3 is 0 Å². The van der Waals surface area contributed by atoms with E-state index < -0.39 is 5.82 Å². The van der Waals surface area contributed by atoms with Gasteiger partial charge in [-0.05, 0) is 18.2 Å². The lowest BCUT2D eigenvalue weighted by Gasteiger charge is -2.10. The van der Waals surface area contributed by atoms with Crippen molar-refractivity contribution in [1.82, 2.24) is 0 Å². The third-order valence-corrected chi connectivity index (χ3v) is 3.98. The Morgan fingerprint density at radius 3 is 2.42 bits per heavy atom. The molecular formula is C18H12FN3OS. The number of nitrogens with one attached hydrogen (secondary N) is 1. The second-order valence-electron chi connectivity index (χ2n) is 4.64. The lowest BCUT2D eigenvalue weighted by molar-refractivity contribution is 0.102. The number of anilines is 1. The molecule has 0 spiro atoms. The molecule has 0 saturated heterocycles. The standard InChI is InChI=1S/C18H12FN3OS/c19-15-7-4-8-16(9-15)22-18(14(10-20)11-21)24-12-17(23)13-5-2-1-3-6-13/h1-9,22H,12H2. The summed E-state index contributed by atoms with van der Waals surface area (Å²) in [5, 5.41) is 21.2. The Bertz CT molecular complexity index is 835. The Morgan fingerprint density at radius 1 is 1.08 bits per heavy atom. The Balaban J connectivity index is 2.17. The maximum absolute atomic E-state index is 13.3. The van der Waals surface area contributed by atoms with E-state index in [9.17, 15) is 9.18 Å². The zero-order valence-electron chi connectivity index (χ0n) is 12.5. The SMILES string of the molecule is N#CC(C#N)=C(Nc1cccc(F)c1)SCC(=O)c1ccccc1. The van der Waals surface area contributed by atoms with Gasteiger partial charge in [-0.2, -0.15) is 10.5 Å². The zero-order chi connectivity index (χ0) is 17.4. The van der Waals surface area contributed by atoms with E-state index in [1.165, 1.54) is 18.2 Å². The molecule has 2 aromatic rings. The van der Waals surface area contributed by atoms with Crippen molar-refractivity contribution in [3.8, 4) is 12.1 Å². The summed E-state index contributed by atoms with van der Waals surface area (Å²) in [4.78, 5) is 12.2. The third-order valence-electron chi connectivity index (χ3n) is 2.98. The molecule has 0 radical (unpaired) electrons. The summed E-state index contributed by atoms with van der Waals surface area (Å²) < 4.78 is 13.3. The van der Waals surface area contributed by atoms with E-state index in [2.05, 4.69) is 5.32 Å². The Kier molecular flexibility index (Phi) is 6.13. The number of nitriles is 2. The molecule has 4 nitrogen and oxygen atoms in total. The summed E-state index contributed by atoms with van der Waals surface area (Å²) in [6, 6.07) is 17.9. The van der Waals surface area contributed by atoms with Crippen LogP contribution in [-0.2, 0) is 0 Å². The van der Waals surface area contributed by atoms with Crippen molar-refractivity contribution in [2.45, 2.75) is 0 Å². The highest BCUT2D eigenvalue weighted by atomic mass is 32.2. The minimum atomic E-state index is -0.444. The summed E-state index contributed by atoms with van der Waals surface area (Å²) in [7, 11) is 0. The molecule has 0 atom stereocenters. The largest absolute Gasteiger partial charge is 0.348 e. The maximum Gasteiger partial charge on any atom is 0.173 e. The first-order valence-electron chi connectivity index (χ1n) is 6.92. The van der Waals surface area contributed by atoms with E-state index in [1.54, 1.807) is 42.5 Å². The molecule has 0 aliphatic rings. The first-order chi connectivity index (χ1) is 11.6. The average Bonchev–Trinajstić information content (AvgIpc) is 2.61. The van der Waals surface area contributed by atoms with Gasteiger partial charge in [-0.1, -0.05) is 48.2 Å². The normalized spacial score (nSPS) is 9.46. The number of nitrogens with zero attached hydrogens (tertiary/aromatic N) is 2. The summed E-state index contributed by atoms with van der Waals surface area (Å²) in [5.41, 5.74) is 0.781. The van der Waals surface area contributed by atoms with Gasteiger partial charge < -0.3 is 5.32 Å². The van der Waals surface area contributed by atoms with Crippen LogP contribution in [0.1, 0.15) is 10.4 Å². The second kappa shape index (κ2) is 8.52. The first kappa shape index (κ1) is 17.3. The van der Waals surface area contributed by atoms with Crippen LogP contribution in [0.2, 0.25) is 0 Å². The van der Waals surface area contributed by atoms with E-state index in [0.29, 0.717) is 11.3 Å². The van der Waals surface area contributed by atoms with E-state index in [-0.39, 0.29) is 22.1 Å². The van der Waals surface area contributed by atoms with Crippen molar-refractivity contribution in [3.63, 3.8) is 0 Å². The van der Waals surface area contributed by atoms with Gasteiger partial charge in [-0.25, -0.2) is 4.39 Å². The molecule has 1 N–H and O–H groups in total. The molecular weight excluding hydrogens is 325 g/mol. The lowest BCUT2D eigenvalue weighted by Crippen LogP contribution is -2.06. The van der Waals surface area contributed by atoms with Crippen molar-refractivity contribution >= 4 is 23.2 Å². The Morgan fingerprint density at radius 2 is 1.79 bits per heavy atom. The molecule has 6 heteroatoms. The van der Waals surface area contributed by atoms with Crippen molar-refractivity contribution in [2.75, 3.05) is 11.1 Å². The van der Waals surface area contributed by atoms with E-state index >= 15 is 0 Å². The number of carbonyl (C=O) groups is 1. The number of carbonyl (C=O) groups excluding carboxylic acids is 1. The summed E-state index contributed by atoms with van der Waals surface area (Å²) in [5.74, 6) is -0.524. The lowest BCUT2D eigenvalue weighted by atomic mass is 10.2. The molecule has 24 heavy (non-hydrogen) atoms. The van der Waals surface area contributed by atoms with Crippen molar-refractivity contribution < 1.29 is 9.18 Å². The highest BCUT2D eigenvalue weighted by Gasteiger charge is 2.12. The summed E-state index contributed by atoms with van der Waals surface area (Å²) in [6.07, 6.45) is 0. The number of thioether (sulfide) groups is 1. The molecule has 0 aliphatic heterocycles. The fourth-order valence-corrected chi connectivity index (χ4v) is 2.71. The molecule has 0 fully saturated rings. The molecule has 118 valence electrons.